The van der Waals surface area contributed by atoms with Crippen LogP contribution in [0.2, 0.25) is 0 Å². The summed E-state index contributed by atoms with van der Waals surface area (Å²) in [7, 11) is 0. The molecule has 0 aliphatic carbocycles. The molecule has 0 fully saturated rings. The molecule has 11 nitrogen and oxygen atoms in total. The highest BCUT2D eigenvalue weighted by molar-refractivity contribution is 5.95. The van der Waals surface area contributed by atoms with Gasteiger partial charge in [-0.2, -0.15) is 0 Å². The molecule has 3 unspecified atom stereocenters. The Balaban J connectivity index is 2.87. The molecule has 176 valence electrons. The van der Waals surface area contributed by atoms with E-state index in [0.29, 0.717) is 0 Å². The molecule has 0 heterocycles. The van der Waals surface area contributed by atoms with Gasteiger partial charge < -0.3 is 32.5 Å². The van der Waals surface area contributed by atoms with E-state index < -0.39 is 60.7 Å². The molecule has 0 aliphatic rings. The van der Waals surface area contributed by atoms with Gasteiger partial charge in [-0.15, -0.1) is 0 Å². The molecular weight excluding hydrogens is 418 g/mol. The van der Waals surface area contributed by atoms with Gasteiger partial charge in [-0.1, -0.05) is 44.2 Å². The number of aliphatic carboxylic acids is 1. The first-order chi connectivity index (χ1) is 15.0. The standard InChI is InChI=1S/C21H31N5O6/c1-12(2)8-15(20(31)24-11-18(28)29)26-21(32)16(10-17(23)27)25-19(30)14(22)9-13-6-4-3-5-7-13/h3-7,12,14-16H,8-11,22H2,1-2H3,(H2,23,27)(H,24,31)(H,25,30)(H,26,32)(H,28,29). The highest BCUT2D eigenvalue weighted by Gasteiger charge is 2.29. The fourth-order valence-corrected chi connectivity index (χ4v) is 2.91. The van der Waals surface area contributed by atoms with Gasteiger partial charge in [0.15, 0.2) is 0 Å². The molecule has 8 N–H and O–H groups in total. The predicted molar refractivity (Wildman–Crippen MR) is 116 cm³/mol. The summed E-state index contributed by atoms with van der Waals surface area (Å²) < 4.78 is 0. The first-order valence-corrected chi connectivity index (χ1v) is 10.2. The number of carbonyl (C=O) groups is 5. The summed E-state index contributed by atoms with van der Waals surface area (Å²) in [5.41, 5.74) is 12.0. The van der Waals surface area contributed by atoms with Crippen molar-refractivity contribution in [1.82, 2.24) is 16.0 Å². The summed E-state index contributed by atoms with van der Waals surface area (Å²) in [4.78, 5) is 59.7. The Labute approximate surface area is 186 Å². The average Bonchev–Trinajstić information content (AvgIpc) is 2.70. The van der Waals surface area contributed by atoms with E-state index in [-0.39, 0.29) is 18.8 Å². The number of carboxylic acids is 1. The number of nitrogens with two attached hydrogens (primary N) is 2. The van der Waals surface area contributed by atoms with E-state index >= 15 is 0 Å². The van der Waals surface area contributed by atoms with Gasteiger partial charge in [0.05, 0.1) is 12.5 Å². The Bertz CT molecular complexity index is 814. The van der Waals surface area contributed by atoms with Gasteiger partial charge in [-0.05, 0) is 24.3 Å². The number of hydrogen-bond acceptors (Lipinski definition) is 6. The van der Waals surface area contributed by atoms with Crippen LogP contribution in [0.15, 0.2) is 30.3 Å². The van der Waals surface area contributed by atoms with Gasteiger partial charge in [0.25, 0.3) is 0 Å². The maximum absolute atomic E-state index is 12.8. The minimum atomic E-state index is -1.34. The van der Waals surface area contributed by atoms with Crippen molar-refractivity contribution in [2.24, 2.45) is 17.4 Å². The molecule has 0 radical (unpaired) electrons. The number of amides is 4. The number of hydrogen-bond donors (Lipinski definition) is 6. The minimum Gasteiger partial charge on any atom is -0.480 e. The molecule has 0 spiro atoms. The predicted octanol–water partition coefficient (Wildman–Crippen LogP) is -1.35. The molecule has 0 aliphatic heterocycles. The lowest BCUT2D eigenvalue weighted by Gasteiger charge is -2.24. The summed E-state index contributed by atoms with van der Waals surface area (Å²) in [5, 5.41) is 15.8. The Morgan fingerprint density at radius 2 is 1.53 bits per heavy atom. The summed E-state index contributed by atoms with van der Waals surface area (Å²) in [5.74, 6) is -4.25. The Morgan fingerprint density at radius 3 is 2.06 bits per heavy atom. The van der Waals surface area contributed by atoms with Gasteiger partial charge in [-0.25, -0.2) is 0 Å². The minimum absolute atomic E-state index is 0.0145. The highest BCUT2D eigenvalue weighted by atomic mass is 16.4. The topological polar surface area (TPSA) is 194 Å². The first-order valence-electron chi connectivity index (χ1n) is 10.2. The van der Waals surface area contributed by atoms with Gasteiger partial charge in [-0.3, -0.25) is 24.0 Å². The number of nitrogens with one attached hydrogen (secondary N) is 3. The van der Waals surface area contributed by atoms with E-state index in [1.54, 1.807) is 24.3 Å². The van der Waals surface area contributed by atoms with Gasteiger partial charge in [0.1, 0.15) is 18.6 Å². The van der Waals surface area contributed by atoms with Crippen LogP contribution in [0, 0.1) is 5.92 Å². The largest absolute Gasteiger partial charge is 0.480 e. The molecule has 3 atom stereocenters. The number of carbonyl (C=O) groups excluding carboxylic acids is 4. The highest BCUT2D eigenvalue weighted by Crippen LogP contribution is 2.07. The quantitative estimate of drug-likeness (QED) is 0.214. The summed E-state index contributed by atoms with van der Waals surface area (Å²) >= 11 is 0. The third kappa shape index (κ3) is 10.0. The zero-order valence-electron chi connectivity index (χ0n) is 18.2. The second-order valence-corrected chi connectivity index (χ2v) is 7.83. The molecule has 1 aromatic rings. The van der Waals surface area contributed by atoms with Crippen molar-refractivity contribution < 1.29 is 29.1 Å². The van der Waals surface area contributed by atoms with Crippen LogP contribution in [0.3, 0.4) is 0 Å². The Hall–Kier alpha value is -3.47. The van der Waals surface area contributed by atoms with Crippen LogP contribution in [-0.4, -0.2) is 59.4 Å². The molecule has 1 aromatic carbocycles. The first kappa shape index (κ1) is 26.6. The zero-order valence-corrected chi connectivity index (χ0v) is 18.2. The van der Waals surface area contributed by atoms with Crippen LogP contribution in [0.25, 0.3) is 0 Å². The smallest absolute Gasteiger partial charge is 0.322 e. The van der Waals surface area contributed by atoms with Gasteiger partial charge in [0.2, 0.25) is 23.6 Å². The molecule has 0 aromatic heterocycles. The van der Waals surface area contributed by atoms with E-state index in [2.05, 4.69) is 16.0 Å². The fourth-order valence-electron chi connectivity index (χ4n) is 2.91. The lowest BCUT2D eigenvalue weighted by molar-refractivity contribution is -0.139. The molecular formula is C21H31N5O6. The number of carboxylic acid groups (broad SMARTS) is 1. The van der Waals surface area contributed by atoms with Crippen LogP contribution in [0.5, 0.6) is 0 Å². The average molecular weight is 450 g/mol. The van der Waals surface area contributed by atoms with Crippen LogP contribution in [-0.2, 0) is 30.4 Å². The molecule has 0 saturated carbocycles. The van der Waals surface area contributed by atoms with Crippen LogP contribution in [0.4, 0.5) is 0 Å². The number of rotatable bonds is 13. The van der Waals surface area contributed by atoms with Crippen LogP contribution >= 0.6 is 0 Å². The number of primary amides is 1. The maximum atomic E-state index is 12.8. The van der Waals surface area contributed by atoms with Crippen molar-refractivity contribution in [1.29, 1.82) is 0 Å². The summed E-state index contributed by atoms with van der Waals surface area (Å²) in [6.07, 6.45) is -0.0755. The van der Waals surface area contributed by atoms with E-state index in [0.717, 1.165) is 5.56 Å². The molecule has 1 rings (SSSR count). The van der Waals surface area contributed by atoms with E-state index in [1.807, 2.05) is 19.9 Å². The molecule has 0 saturated heterocycles. The van der Waals surface area contributed by atoms with E-state index in [4.69, 9.17) is 16.6 Å². The van der Waals surface area contributed by atoms with Crippen molar-refractivity contribution in [3.63, 3.8) is 0 Å². The van der Waals surface area contributed by atoms with Gasteiger partial charge in [0, 0.05) is 0 Å². The van der Waals surface area contributed by atoms with Crippen molar-refractivity contribution in [3.8, 4) is 0 Å². The molecule has 32 heavy (non-hydrogen) atoms. The maximum Gasteiger partial charge on any atom is 0.322 e. The van der Waals surface area contributed by atoms with Crippen LogP contribution in [0.1, 0.15) is 32.3 Å². The second-order valence-electron chi connectivity index (χ2n) is 7.83. The molecule has 4 amide bonds. The van der Waals surface area contributed by atoms with E-state index in [1.165, 1.54) is 0 Å². The van der Waals surface area contributed by atoms with Crippen LogP contribution < -0.4 is 27.4 Å². The van der Waals surface area contributed by atoms with Crippen molar-refractivity contribution in [2.45, 2.75) is 51.2 Å². The monoisotopic (exact) mass is 449 g/mol. The fraction of sp³-hybridized carbons (Fsp3) is 0.476. The van der Waals surface area contributed by atoms with E-state index in [9.17, 15) is 24.0 Å². The zero-order chi connectivity index (χ0) is 24.3. The molecule has 11 heteroatoms. The normalized spacial score (nSPS) is 13.5. The Morgan fingerprint density at radius 1 is 0.938 bits per heavy atom. The SMILES string of the molecule is CC(C)CC(NC(=O)C(CC(N)=O)NC(=O)C(N)Cc1ccccc1)C(=O)NCC(=O)O. The summed E-state index contributed by atoms with van der Waals surface area (Å²) in [6, 6.07) is 5.63. The molecule has 0 bridgehead atoms. The second kappa shape index (κ2) is 13.1. The van der Waals surface area contributed by atoms with Gasteiger partial charge >= 0.3 is 5.97 Å². The lowest BCUT2D eigenvalue weighted by Crippen LogP contribution is -2.57. The number of benzene rings is 1. The van der Waals surface area contributed by atoms with Crippen molar-refractivity contribution in [2.75, 3.05) is 6.54 Å². The third-order valence-electron chi connectivity index (χ3n) is 4.43. The Kier molecular flexibility index (Phi) is 10.8. The van der Waals surface area contributed by atoms with Crippen molar-refractivity contribution >= 4 is 29.6 Å². The third-order valence-corrected chi connectivity index (χ3v) is 4.43. The van der Waals surface area contributed by atoms with Crippen molar-refractivity contribution in [3.05, 3.63) is 35.9 Å². The summed E-state index contributed by atoms with van der Waals surface area (Å²) in [6.45, 7) is 3.02. The lowest BCUT2D eigenvalue weighted by atomic mass is 10.0.